The number of hydrogen-bond donors (Lipinski definition) is 0. The van der Waals surface area contributed by atoms with E-state index in [0.29, 0.717) is 79.3 Å². The van der Waals surface area contributed by atoms with Crippen LogP contribution < -0.4 is 0 Å². The summed E-state index contributed by atoms with van der Waals surface area (Å²) in [6.45, 7) is 6.87. The van der Waals surface area contributed by atoms with Gasteiger partial charge >= 0.3 is 0 Å². The van der Waals surface area contributed by atoms with E-state index in [4.69, 9.17) is 37.9 Å². The highest BCUT2D eigenvalue weighted by molar-refractivity contribution is 5.47. The van der Waals surface area contributed by atoms with Crippen LogP contribution in [-0.4, -0.2) is 92.2 Å². The van der Waals surface area contributed by atoms with E-state index >= 15 is 0 Å². The molecule has 0 aliphatic carbocycles. The highest BCUT2D eigenvalue weighted by Crippen LogP contribution is 2.40. The standard InChI is InChI=1S/C36H48O8/c1-4-12-32(13-5-1)36(33-14-6-2-7-15-33,34-16-8-3-9-17-34)44-31-29-41-27-25-39-23-21-37-20-22-38-24-26-40-28-30-43-35-18-10-11-19-42-35/h1-9,12-17,35H,10-11,18-31H2. The van der Waals surface area contributed by atoms with Gasteiger partial charge in [-0.3, -0.25) is 0 Å². The molecule has 3 aromatic carbocycles. The zero-order valence-corrected chi connectivity index (χ0v) is 25.8. The Hall–Kier alpha value is -2.66. The molecule has 1 aliphatic heterocycles. The minimum atomic E-state index is -0.739. The maximum absolute atomic E-state index is 6.72. The summed E-state index contributed by atoms with van der Waals surface area (Å²) in [5.74, 6) is 0. The minimum Gasteiger partial charge on any atom is -0.377 e. The second-order valence-corrected chi connectivity index (χ2v) is 10.4. The Morgan fingerprint density at radius 2 is 0.864 bits per heavy atom. The summed E-state index contributed by atoms with van der Waals surface area (Å²) in [7, 11) is 0. The van der Waals surface area contributed by atoms with Gasteiger partial charge in [-0.2, -0.15) is 0 Å². The molecule has 3 aromatic rings. The van der Waals surface area contributed by atoms with Crippen molar-refractivity contribution in [3.8, 4) is 0 Å². The van der Waals surface area contributed by atoms with E-state index in [0.717, 1.165) is 36.1 Å². The molecule has 4 rings (SSSR count). The molecule has 0 amide bonds. The fourth-order valence-corrected chi connectivity index (χ4v) is 5.09. The molecule has 1 atom stereocenters. The Bertz CT molecular complexity index is 996. The lowest BCUT2D eigenvalue weighted by Crippen LogP contribution is -2.34. The third-order valence-corrected chi connectivity index (χ3v) is 7.24. The maximum Gasteiger partial charge on any atom is 0.157 e. The van der Waals surface area contributed by atoms with Crippen LogP contribution in [0.25, 0.3) is 0 Å². The van der Waals surface area contributed by atoms with Crippen LogP contribution in [0.5, 0.6) is 0 Å². The molecule has 0 aromatic heterocycles. The van der Waals surface area contributed by atoms with Crippen molar-refractivity contribution in [2.24, 2.45) is 0 Å². The van der Waals surface area contributed by atoms with Crippen LogP contribution in [-0.2, 0) is 43.5 Å². The van der Waals surface area contributed by atoms with E-state index in [-0.39, 0.29) is 6.29 Å². The first-order valence-electron chi connectivity index (χ1n) is 15.8. The molecule has 44 heavy (non-hydrogen) atoms. The van der Waals surface area contributed by atoms with Gasteiger partial charge in [-0.25, -0.2) is 0 Å². The summed E-state index contributed by atoms with van der Waals surface area (Å²) in [6.07, 6.45) is 3.19. The van der Waals surface area contributed by atoms with E-state index in [1.54, 1.807) is 0 Å². The molecule has 0 radical (unpaired) electrons. The molecule has 240 valence electrons. The van der Waals surface area contributed by atoms with Crippen molar-refractivity contribution in [1.29, 1.82) is 0 Å². The van der Waals surface area contributed by atoms with E-state index < -0.39 is 5.60 Å². The molecule has 1 aliphatic rings. The van der Waals surface area contributed by atoms with Gasteiger partial charge in [-0.05, 0) is 36.0 Å². The summed E-state index contributed by atoms with van der Waals surface area (Å²) < 4.78 is 46.0. The molecule has 1 unspecified atom stereocenters. The minimum absolute atomic E-state index is 0.0663. The van der Waals surface area contributed by atoms with Gasteiger partial charge in [-0.15, -0.1) is 0 Å². The number of ether oxygens (including phenoxy) is 8. The first-order valence-corrected chi connectivity index (χ1v) is 15.8. The predicted molar refractivity (Wildman–Crippen MR) is 169 cm³/mol. The van der Waals surface area contributed by atoms with Crippen molar-refractivity contribution < 1.29 is 37.9 Å². The van der Waals surface area contributed by atoms with Crippen LogP contribution in [0.3, 0.4) is 0 Å². The SMILES string of the molecule is c1ccc(C(OCCOCCOCCOCCOCCOCCOC2CCCCO2)(c2ccccc2)c2ccccc2)cc1. The fourth-order valence-electron chi connectivity index (χ4n) is 5.09. The van der Waals surface area contributed by atoms with Gasteiger partial charge in [0.15, 0.2) is 6.29 Å². The highest BCUT2D eigenvalue weighted by atomic mass is 16.7. The molecular formula is C36H48O8. The lowest BCUT2D eigenvalue weighted by Gasteiger charge is -2.36. The van der Waals surface area contributed by atoms with E-state index in [2.05, 4.69) is 36.4 Å². The van der Waals surface area contributed by atoms with E-state index in [1.165, 1.54) is 6.42 Å². The van der Waals surface area contributed by atoms with Crippen molar-refractivity contribution in [3.63, 3.8) is 0 Å². The predicted octanol–water partition coefficient (Wildman–Crippen LogP) is 5.62. The van der Waals surface area contributed by atoms with Crippen LogP contribution in [0, 0.1) is 0 Å². The summed E-state index contributed by atoms with van der Waals surface area (Å²) in [5, 5.41) is 0. The number of rotatable bonds is 23. The Labute approximate surface area is 262 Å². The summed E-state index contributed by atoms with van der Waals surface area (Å²) in [4.78, 5) is 0. The number of hydrogen-bond acceptors (Lipinski definition) is 8. The highest BCUT2D eigenvalue weighted by Gasteiger charge is 2.37. The van der Waals surface area contributed by atoms with Crippen molar-refractivity contribution in [2.75, 3.05) is 85.9 Å². The quantitative estimate of drug-likeness (QED) is 0.101. The van der Waals surface area contributed by atoms with Gasteiger partial charge in [0.1, 0.15) is 5.60 Å². The van der Waals surface area contributed by atoms with Gasteiger partial charge in [0.2, 0.25) is 0 Å². The van der Waals surface area contributed by atoms with Gasteiger partial charge < -0.3 is 37.9 Å². The average molecular weight is 609 g/mol. The molecule has 1 heterocycles. The van der Waals surface area contributed by atoms with Crippen molar-refractivity contribution >= 4 is 0 Å². The van der Waals surface area contributed by atoms with Crippen LogP contribution >= 0.6 is 0 Å². The zero-order valence-electron chi connectivity index (χ0n) is 25.8. The molecule has 0 spiro atoms. The Kier molecular flexibility index (Phi) is 16.4. The molecule has 0 N–H and O–H groups in total. The normalized spacial score (nSPS) is 15.4. The molecule has 1 fully saturated rings. The molecule has 8 nitrogen and oxygen atoms in total. The Morgan fingerprint density at radius 1 is 0.477 bits per heavy atom. The zero-order chi connectivity index (χ0) is 30.4. The van der Waals surface area contributed by atoms with Gasteiger partial charge in [-0.1, -0.05) is 91.0 Å². The smallest absolute Gasteiger partial charge is 0.157 e. The second kappa shape index (κ2) is 21.1. The molecule has 8 heteroatoms. The lowest BCUT2D eigenvalue weighted by atomic mass is 9.80. The topological polar surface area (TPSA) is 73.8 Å². The number of benzene rings is 3. The van der Waals surface area contributed by atoms with Gasteiger partial charge in [0, 0.05) is 6.61 Å². The summed E-state index contributed by atoms with van der Waals surface area (Å²) in [5.41, 5.74) is 2.48. The summed E-state index contributed by atoms with van der Waals surface area (Å²) >= 11 is 0. The van der Waals surface area contributed by atoms with Gasteiger partial charge in [0.05, 0.1) is 79.3 Å². The first kappa shape index (κ1) is 34.2. The van der Waals surface area contributed by atoms with Crippen molar-refractivity contribution in [3.05, 3.63) is 108 Å². The average Bonchev–Trinajstić information content (AvgIpc) is 3.09. The van der Waals surface area contributed by atoms with E-state index in [1.807, 2.05) is 54.6 Å². The Morgan fingerprint density at radius 3 is 1.25 bits per heavy atom. The molecule has 0 saturated carbocycles. The lowest BCUT2D eigenvalue weighted by molar-refractivity contribution is -0.169. The second-order valence-electron chi connectivity index (χ2n) is 10.4. The molecule has 1 saturated heterocycles. The van der Waals surface area contributed by atoms with Crippen LogP contribution in [0.2, 0.25) is 0 Å². The van der Waals surface area contributed by atoms with Crippen molar-refractivity contribution in [2.45, 2.75) is 31.2 Å². The van der Waals surface area contributed by atoms with Crippen molar-refractivity contribution in [1.82, 2.24) is 0 Å². The van der Waals surface area contributed by atoms with Crippen LogP contribution in [0.1, 0.15) is 36.0 Å². The molecule has 0 bridgehead atoms. The van der Waals surface area contributed by atoms with E-state index in [9.17, 15) is 0 Å². The maximum atomic E-state index is 6.72. The first-order chi connectivity index (χ1) is 21.9. The third kappa shape index (κ3) is 11.7. The monoisotopic (exact) mass is 608 g/mol. The van der Waals surface area contributed by atoms with Crippen LogP contribution in [0.4, 0.5) is 0 Å². The summed E-state index contributed by atoms with van der Waals surface area (Å²) in [6, 6.07) is 31.0. The van der Waals surface area contributed by atoms with Crippen LogP contribution in [0.15, 0.2) is 91.0 Å². The largest absolute Gasteiger partial charge is 0.377 e. The Balaban J connectivity index is 1.02. The third-order valence-electron chi connectivity index (χ3n) is 7.24. The fraction of sp³-hybridized carbons (Fsp3) is 0.500. The molecular weight excluding hydrogens is 560 g/mol. The van der Waals surface area contributed by atoms with Gasteiger partial charge in [0.25, 0.3) is 0 Å².